The van der Waals surface area contributed by atoms with Crippen molar-refractivity contribution in [3.05, 3.63) is 35.1 Å². The number of likely N-dealkylation sites (tertiary alicyclic amines) is 1. The first kappa shape index (κ1) is 23.1. The van der Waals surface area contributed by atoms with E-state index in [2.05, 4.69) is 16.0 Å². The monoisotopic (exact) mass is 433 g/mol. The molecule has 3 amide bonds. The number of likely N-dealkylation sites (N-methyl/N-ethyl adjacent to an activating group) is 1. The van der Waals surface area contributed by atoms with Gasteiger partial charge in [-0.25, -0.2) is 4.39 Å². The molecule has 1 aliphatic carbocycles. The van der Waals surface area contributed by atoms with E-state index in [0.717, 1.165) is 5.56 Å². The van der Waals surface area contributed by atoms with Crippen molar-refractivity contribution in [3.8, 4) is 0 Å². The van der Waals surface area contributed by atoms with Gasteiger partial charge in [0.2, 0.25) is 17.7 Å². The molecule has 4 atom stereocenters. The molecule has 0 aromatic heterocycles. The molecule has 5 N–H and O–H groups in total. The van der Waals surface area contributed by atoms with Crippen LogP contribution in [0, 0.1) is 5.82 Å². The Hall–Kier alpha value is -2.52. The minimum absolute atomic E-state index is 0.236. The van der Waals surface area contributed by atoms with E-state index in [9.17, 15) is 18.8 Å². The Morgan fingerprint density at radius 3 is 2.77 bits per heavy atom. The quantitative estimate of drug-likeness (QED) is 0.472. The molecule has 0 radical (unpaired) electrons. The molecule has 0 spiro atoms. The molecule has 3 rings (SSSR count). The average molecular weight is 434 g/mol. The zero-order valence-corrected chi connectivity index (χ0v) is 18.1. The van der Waals surface area contributed by atoms with Crippen LogP contribution < -0.4 is 21.7 Å². The first-order valence-corrected chi connectivity index (χ1v) is 10.9. The summed E-state index contributed by atoms with van der Waals surface area (Å²) in [6, 6.07) is 2.83. The van der Waals surface area contributed by atoms with Crippen LogP contribution in [0.15, 0.2) is 18.2 Å². The molecule has 0 saturated carbocycles. The SMILES string of the molecule is CN[C@@H](C)C(=O)N[C@@H](CCN)C(=O)N1CCC[C@@H]1C(=O)N[C@@H]1CCc2c(F)cccc21. The van der Waals surface area contributed by atoms with Gasteiger partial charge in [0.15, 0.2) is 0 Å². The van der Waals surface area contributed by atoms with Crippen LogP contribution in [-0.2, 0) is 20.8 Å². The molecule has 1 aliphatic heterocycles. The largest absolute Gasteiger partial charge is 0.347 e. The Morgan fingerprint density at radius 1 is 1.29 bits per heavy atom. The topological polar surface area (TPSA) is 117 Å². The summed E-state index contributed by atoms with van der Waals surface area (Å²) in [5.74, 6) is -1.07. The minimum atomic E-state index is -0.775. The molecule has 1 aromatic carbocycles. The zero-order valence-electron chi connectivity index (χ0n) is 18.1. The second-order valence-electron chi connectivity index (χ2n) is 8.25. The lowest BCUT2D eigenvalue weighted by molar-refractivity contribution is -0.141. The number of carbonyl (C=O) groups excluding carboxylic acids is 3. The number of nitrogens with zero attached hydrogens (tertiary/aromatic N) is 1. The van der Waals surface area contributed by atoms with E-state index in [-0.39, 0.29) is 36.1 Å². The molecule has 1 aromatic rings. The van der Waals surface area contributed by atoms with Crippen molar-refractivity contribution in [2.45, 2.75) is 63.2 Å². The fourth-order valence-corrected chi connectivity index (χ4v) is 4.38. The molecule has 170 valence electrons. The van der Waals surface area contributed by atoms with Crippen LogP contribution in [0.2, 0.25) is 0 Å². The molecule has 31 heavy (non-hydrogen) atoms. The molecule has 1 heterocycles. The summed E-state index contributed by atoms with van der Waals surface area (Å²) in [4.78, 5) is 40.0. The van der Waals surface area contributed by atoms with Gasteiger partial charge in [-0.3, -0.25) is 14.4 Å². The fraction of sp³-hybridized carbons (Fsp3) is 0.591. The molecular weight excluding hydrogens is 401 g/mol. The maximum Gasteiger partial charge on any atom is 0.245 e. The summed E-state index contributed by atoms with van der Waals surface area (Å²) in [7, 11) is 1.66. The Balaban J connectivity index is 1.68. The van der Waals surface area contributed by atoms with Gasteiger partial charge in [0.25, 0.3) is 0 Å². The number of halogens is 1. The molecule has 2 aliphatic rings. The second-order valence-corrected chi connectivity index (χ2v) is 8.25. The van der Waals surface area contributed by atoms with Crippen LogP contribution in [0.1, 0.15) is 49.8 Å². The second kappa shape index (κ2) is 10.2. The highest BCUT2D eigenvalue weighted by Crippen LogP contribution is 2.33. The summed E-state index contributed by atoms with van der Waals surface area (Å²) >= 11 is 0. The molecule has 8 nitrogen and oxygen atoms in total. The van der Waals surface area contributed by atoms with E-state index in [1.165, 1.54) is 6.07 Å². The molecule has 1 saturated heterocycles. The first-order chi connectivity index (χ1) is 14.9. The van der Waals surface area contributed by atoms with E-state index < -0.39 is 18.1 Å². The van der Waals surface area contributed by atoms with Crippen molar-refractivity contribution in [1.29, 1.82) is 0 Å². The standard InChI is InChI=1S/C22H32FN5O3/c1-13(25-2)20(29)27-18(10-11-24)22(31)28-12-4-7-19(28)21(30)26-17-9-8-14-15(17)5-3-6-16(14)23/h3,5-6,13,17-19,25H,4,7-12,24H2,1-2H3,(H,26,30)(H,27,29)/t13-,17+,18-,19+/m0/s1. The number of nitrogens with one attached hydrogen (secondary N) is 3. The third kappa shape index (κ3) is 5.04. The molecule has 9 heteroatoms. The van der Waals surface area contributed by atoms with Crippen molar-refractivity contribution in [3.63, 3.8) is 0 Å². The Labute approximate surface area is 182 Å². The lowest BCUT2D eigenvalue weighted by atomic mass is 10.1. The lowest BCUT2D eigenvalue weighted by Crippen LogP contribution is -2.56. The number of carbonyl (C=O) groups is 3. The van der Waals surface area contributed by atoms with E-state index in [1.807, 2.05) is 6.07 Å². The van der Waals surface area contributed by atoms with Gasteiger partial charge in [0.05, 0.1) is 12.1 Å². The Morgan fingerprint density at radius 2 is 2.06 bits per heavy atom. The van der Waals surface area contributed by atoms with Crippen molar-refractivity contribution >= 4 is 17.7 Å². The predicted molar refractivity (Wildman–Crippen MR) is 114 cm³/mol. The maximum absolute atomic E-state index is 14.0. The van der Waals surface area contributed by atoms with Gasteiger partial charge >= 0.3 is 0 Å². The molecule has 0 unspecified atom stereocenters. The minimum Gasteiger partial charge on any atom is -0.347 e. The van der Waals surface area contributed by atoms with Crippen LogP contribution in [0.3, 0.4) is 0 Å². The highest BCUT2D eigenvalue weighted by atomic mass is 19.1. The number of rotatable bonds is 8. The summed E-state index contributed by atoms with van der Waals surface area (Å²) < 4.78 is 14.0. The Bertz CT molecular complexity index is 833. The third-order valence-corrected chi connectivity index (χ3v) is 6.26. The Kier molecular flexibility index (Phi) is 7.61. The van der Waals surface area contributed by atoms with E-state index in [4.69, 9.17) is 5.73 Å². The van der Waals surface area contributed by atoms with Gasteiger partial charge in [-0.2, -0.15) is 0 Å². The molecule has 0 bridgehead atoms. The van der Waals surface area contributed by atoms with Crippen LogP contribution in [0.5, 0.6) is 0 Å². The van der Waals surface area contributed by atoms with Crippen LogP contribution in [0.25, 0.3) is 0 Å². The maximum atomic E-state index is 14.0. The van der Waals surface area contributed by atoms with Gasteiger partial charge in [-0.1, -0.05) is 12.1 Å². The molecular formula is C22H32FN5O3. The van der Waals surface area contributed by atoms with E-state index >= 15 is 0 Å². The van der Waals surface area contributed by atoms with Gasteiger partial charge in [-0.05, 0) is 69.8 Å². The van der Waals surface area contributed by atoms with E-state index in [0.29, 0.717) is 44.2 Å². The van der Waals surface area contributed by atoms with E-state index in [1.54, 1.807) is 24.9 Å². The van der Waals surface area contributed by atoms with Crippen LogP contribution in [0.4, 0.5) is 4.39 Å². The molecule has 1 fully saturated rings. The summed E-state index contributed by atoms with van der Waals surface area (Å²) in [5.41, 5.74) is 7.12. The van der Waals surface area contributed by atoms with Gasteiger partial charge in [0, 0.05) is 6.54 Å². The van der Waals surface area contributed by atoms with Gasteiger partial charge in [0.1, 0.15) is 17.9 Å². The van der Waals surface area contributed by atoms with Crippen LogP contribution >= 0.6 is 0 Å². The average Bonchev–Trinajstić information content (AvgIpc) is 3.40. The van der Waals surface area contributed by atoms with Gasteiger partial charge in [-0.15, -0.1) is 0 Å². The third-order valence-electron chi connectivity index (χ3n) is 6.26. The number of benzene rings is 1. The van der Waals surface area contributed by atoms with Crippen molar-refractivity contribution in [2.24, 2.45) is 5.73 Å². The smallest absolute Gasteiger partial charge is 0.245 e. The van der Waals surface area contributed by atoms with Crippen LogP contribution in [-0.4, -0.2) is 60.9 Å². The number of hydrogen-bond acceptors (Lipinski definition) is 5. The highest BCUT2D eigenvalue weighted by Gasteiger charge is 2.39. The van der Waals surface area contributed by atoms with Gasteiger partial charge < -0.3 is 26.6 Å². The number of hydrogen-bond donors (Lipinski definition) is 4. The lowest BCUT2D eigenvalue weighted by Gasteiger charge is -2.30. The summed E-state index contributed by atoms with van der Waals surface area (Å²) in [6.45, 7) is 2.39. The number of amides is 3. The van der Waals surface area contributed by atoms with Crippen molar-refractivity contribution in [1.82, 2.24) is 20.9 Å². The zero-order chi connectivity index (χ0) is 22.5. The highest BCUT2D eigenvalue weighted by molar-refractivity contribution is 5.93. The summed E-state index contributed by atoms with van der Waals surface area (Å²) in [6.07, 6.45) is 2.76. The summed E-state index contributed by atoms with van der Waals surface area (Å²) in [5, 5.41) is 8.60. The number of fused-ring (bicyclic) bond motifs is 1. The van der Waals surface area contributed by atoms with Crippen molar-refractivity contribution in [2.75, 3.05) is 20.1 Å². The fourth-order valence-electron chi connectivity index (χ4n) is 4.38. The van der Waals surface area contributed by atoms with Crippen molar-refractivity contribution < 1.29 is 18.8 Å². The number of nitrogens with two attached hydrogens (primary N) is 1. The normalized spacial score (nSPS) is 22.0. The first-order valence-electron chi connectivity index (χ1n) is 10.9. The predicted octanol–water partition coefficient (Wildman–Crippen LogP) is 0.362.